The topological polar surface area (TPSA) is 95.3 Å². The maximum atomic E-state index is 12.6. The van der Waals surface area contributed by atoms with Crippen LogP contribution in [0.3, 0.4) is 0 Å². The summed E-state index contributed by atoms with van der Waals surface area (Å²) in [6, 6.07) is 12.4. The lowest BCUT2D eigenvalue weighted by atomic mass is 9.95. The number of benzene rings is 1. The second kappa shape index (κ2) is 9.20. The Labute approximate surface area is 170 Å². The number of hydrogen-bond donors (Lipinski definition) is 1. The van der Waals surface area contributed by atoms with E-state index < -0.39 is 0 Å². The number of nitrogens with zero attached hydrogens (tertiary/aromatic N) is 3. The van der Waals surface area contributed by atoms with Crippen molar-refractivity contribution >= 4 is 23.4 Å². The van der Waals surface area contributed by atoms with Gasteiger partial charge in [-0.2, -0.15) is 5.26 Å². The largest absolute Gasteiger partial charge is 0.459 e. The summed E-state index contributed by atoms with van der Waals surface area (Å²) in [5, 5.41) is 11.8. The highest BCUT2D eigenvalue weighted by molar-refractivity contribution is 5.94. The number of carbonyl (C=O) groups is 2. The molecule has 1 amide bonds. The van der Waals surface area contributed by atoms with Crippen molar-refractivity contribution in [2.75, 3.05) is 23.3 Å². The summed E-state index contributed by atoms with van der Waals surface area (Å²) in [5.74, 6) is 0.360. The Hall–Kier alpha value is -3.40. The molecular weight excluding hydrogens is 368 g/mol. The molecule has 0 spiro atoms. The molecule has 150 valence electrons. The molecule has 0 radical (unpaired) electrons. The van der Waals surface area contributed by atoms with Crippen LogP contribution in [-0.4, -0.2) is 36.1 Å². The van der Waals surface area contributed by atoms with Crippen molar-refractivity contribution in [3.05, 3.63) is 53.7 Å². The minimum Gasteiger partial charge on any atom is -0.459 e. The van der Waals surface area contributed by atoms with E-state index in [0.717, 1.165) is 31.7 Å². The zero-order valence-corrected chi connectivity index (χ0v) is 16.6. The maximum Gasteiger partial charge on any atom is 0.338 e. The minimum absolute atomic E-state index is 0.0186. The molecule has 0 saturated carbocycles. The van der Waals surface area contributed by atoms with Crippen LogP contribution < -0.4 is 10.2 Å². The van der Waals surface area contributed by atoms with Gasteiger partial charge in [0.25, 0.3) is 0 Å². The summed E-state index contributed by atoms with van der Waals surface area (Å²) in [6.45, 7) is 5.07. The second-order valence-electron chi connectivity index (χ2n) is 7.30. The molecule has 7 nitrogen and oxygen atoms in total. The summed E-state index contributed by atoms with van der Waals surface area (Å²) in [5.41, 5.74) is 1.65. The van der Waals surface area contributed by atoms with Crippen molar-refractivity contribution in [3.8, 4) is 6.07 Å². The van der Waals surface area contributed by atoms with Crippen LogP contribution in [0.2, 0.25) is 0 Å². The molecule has 7 heteroatoms. The van der Waals surface area contributed by atoms with Gasteiger partial charge in [0.15, 0.2) is 0 Å². The van der Waals surface area contributed by atoms with Gasteiger partial charge in [-0.15, -0.1) is 0 Å². The predicted molar refractivity (Wildman–Crippen MR) is 110 cm³/mol. The lowest BCUT2D eigenvalue weighted by Gasteiger charge is -2.32. The Morgan fingerprint density at radius 3 is 2.41 bits per heavy atom. The molecule has 2 heterocycles. The summed E-state index contributed by atoms with van der Waals surface area (Å²) in [7, 11) is 0. The third kappa shape index (κ3) is 5.32. The molecule has 1 fully saturated rings. The molecule has 1 aliphatic rings. The number of ether oxygens (including phenoxy) is 1. The first-order valence-corrected chi connectivity index (χ1v) is 9.69. The first kappa shape index (κ1) is 20.3. The molecule has 3 rings (SSSR count). The van der Waals surface area contributed by atoms with Gasteiger partial charge in [0.1, 0.15) is 11.9 Å². The molecule has 0 bridgehead atoms. The monoisotopic (exact) mass is 392 g/mol. The van der Waals surface area contributed by atoms with Crippen LogP contribution in [0.4, 0.5) is 11.5 Å². The number of aromatic nitrogens is 1. The normalized spacial score (nSPS) is 14.3. The fourth-order valence-corrected chi connectivity index (χ4v) is 3.23. The molecule has 1 saturated heterocycles. The minimum atomic E-state index is -0.373. The molecule has 29 heavy (non-hydrogen) atoms. The van der Waals surface area contributed by atoms with E-state index in [1.54, 1.807) is 50.4 Å². The standard InChI is InChI=1S/C22H24N4O3/c1-15(2)29-22(28)18-4-6-19(7-5-18)25-21(27)17-9-11-26(12-10-17)20-8-3-16(13-23)14-24-20/h3-8,14-15,17H,9-12H2,1-2H3,(H,25,27). The van der Waals surface area contributed by atoms with E-state index in [9.17, 15) is 9.59 Å². The molecule has 1 aromatic heterocycles. The van der Waals surface area contributed by atoms with Crippen LogP contribution in [0.5, 0.6) is 0 Å². The fourth-order valence-electron chi connectivity index (χ4n) is 3.23. The smallest absolute Gasteiger partial charge is 0.338 e. The van der Waals surface area contributed by atoms with E-state index >= 15 is 0 Å². The van der Waals surface area contributed by atoms with E-state index in [1.807, 2.05) is 6.07 Å². The lowest BCUT2D eigenvalue weighted by molar-refractivity contribution is -0.120. The van der Waals surface area contributed by atoms with Gasteiger partial charge in [0, 0.05) is 30.9 Å². The molecule has 1 aliphatic heterocycles. The molecule has 2 aromatic rings. The third-order valence-electron chi connectivity index (χ3n) is 4.80. The van der Waals surface area contributed by atoms with Gasteiger partial charge < -0.3 is 15.0 Å². The number of amides is 1. The average molecular weight is 392 g/mol. The Morgan fingerprint density at radius 1 is 1.17 bits per heavy atom. The first-order valence-electron chi connectivity index (χ1n) is 9.69. The number of hydrogen-bond acceptors (Lipinski definition) is 6. The highest BCUT2D eigenvalue weighted by Crippen LogP contribution is 2.23. The van der Waals surface area contributed by atoms with E-state index in [0.29, 0.717) is 16.8 Å². The number of anilines is 2. The van der Waals surface area contributed by atoms with Gasteiger partial charge in [0.2, 0.25) is 5.91 Å². The molecular formula is C22H24N4O3. The summed E-state index contributed by atoms with van der Waals surface area (Å²) in [4.78, 5) is 30.9. The van der Waals surface area contributed by atoms with Crippen LogP contribution in [0.1, 0.15) is 42.6 Å². The molecule has 0 aliphatic carbocycles. The van der Waals surface area contributed by atoms with Crippen molar-refractivity contribution in [1.82, 2.24) is 4.98 Å². The molecule has 1 N–H and O–H groups in total. The van der Waals surface area contributed by atoms with Crippen molar-refractivity contribution in [2.24, 2.45) is 5.92 Å². The number of esters is 1. The first-order chi connectivity index (χ1) is 14.0. The van der Waals surface area contributed by atoms with Crippen LogP contribution >= 0.6 is 0 Å². The number of carbonyl (C=O) groups excluding carboxylic acids is 2. The third-order valence-corrected chi connectivity index (χ3v) is 4.80. The van der Waals surface area contributed by atoms with Crippen LogP contribution in [0.25, 0.3) is 0 Å². The summed E-state index contributed by atoms with van der Waals surface area (Å²) >= 11 is 0. The molecule has 0 unspecified atom stereocenters. The second-order valence-corrected chi connectivity index (χ2v) is 7.30. The maximum absolute atomic E-state index is 12.6. The Kier molecular flexibility index (Phi) is 6.45. The molecule has 1 aromatic carbocycles. The number of nitrogens with one attached hydrogen (secondary N) is 1. The van der Waals surface area contributed by atoms with Crippen molar-refractivity contribution < 1.29 is 14.3 Å². The number of piperidine rings is 1. The van der Waals surface area contributed by atoms with Gasteiger partial charge in [0.05, 0.1) is 17.2 Å². The number of nitriles is 1. The number of rotatable bonds is 5. The zero-order valence-electron chi connectivity index (χ0n) is 16.6. The van der Waals surface area contributed by atoms with E-state index in [4.69, 9.17) is 10.00 Å². The van der Waals surface area contributed by atoms with Crippen LogP contribution in [0.15, 0.2) is 42.6 Å². The van der Waals surface area contributed by atoms with Crippen molar-refractivity contribution in [1.29, 1.82) is 5.26 Å². The quantitative estimate of drug-likeness (QED) is 0.784. The lowest BCUT2D eigenvalue weighted by Crippen LogP contribution is -2.38. The van der Waals surface area contributed by atoms with Gasteiger partial charge in [-0.25, -0.2) is 9.78 Å². The van der Waals surface area contributed by atoms with Gasteiger partial charge in [-0.1, -0.05) is 0 Å². The number of pyridine rings is 1. The molecule has 0 atom stereocenters. The highest BCUT2D eigenvalue weighted by atomic mass is 16.5. The SMILES string of the molecule is CC(C)OC(=O)c1ccc(NC(=O)C2CCN(c3ccc(C#N)cn3)CC2)cc1. The van der Waals surface area contributed by atoms with Crippen molar-refractivity contribution in [2.45, 2.75) is 32.8 Å². The summed E-state index contributed by atoms with van der Waals surface area (Å²) < 4.78 is 5.16. The Balaban J connectivity index is 1.51. The van der Waals surface area contributed by atoms with E-state index in [1.165, 1.54) is 0 Å². The van der Waals surface area contributed by atoms with E-state index in [2.05, 4.69) is 21.3 Å². The fraction of sp³-hybridized carbons (Fsp3) is 0.364. The zero-order chi connectivity index (χ0) is 20.8. The van der Waals surface area contributed by atoms with Gasteiger partial charge in [-0.3, -0.25) is 4.79 Å². The predicted octanol–water partition coefficient (Wildman–Crippen LogP) is 3.37. The Bertz CT molecular complexity index is 893. The van der Waals surface area contributed by atoms with E-state index in [-0.39, 0.29) is 23.9 Å². The summed E-state index contributed by atoms with van der Waals surface area (Å²) in [6.07, 6.45) is 2.85. The van der Waals surface area contributed by atoms with Gasteiger partial charge >= 0.3 is 5.97 Å². The van der Waals surface area contributed by atoms with Crippen LogP contribution in [0, 0.1) is 17.2 Å². The highest BCUT2D eigenvalue weighted by Gasteiger charge is 2.25. The van der Waals surface area contributed by atoms with Crippen molar-refractivity contribution in [3.63, 3.8) is 0 Å². The average Bonchev–Trinajstić information content (AvgIpc) is 2.74. The van der Waals surface area contributed by atoms with Gasteiger partial charge in [-0.05, 0) is 63.1 Å². The van der Waals surface area contributed by atoms with Crippen LogP contribution in [-0.2, 0) is 9.53 Å². The Morgan fingerprint density at radius 2 is 1.86 bits per heavy atom.